The van der Waals surface area contributed by atoms with E-state index in [1.807, 2.05) is 0 Å². The van der Waals surface area contributed by atoms with Crippen LogP contribution in [0.15, 0.2) is 30.3 Å². The molecule has 6 heteroatoms. The summed E-state index contributed by atoms with van der Waals surface area (Å²) in [4.78, 5) is 14.1. The molecule has 1 aromatic heterocycles. The molecule has 2 aromatic rings. The highest BCUT2D eigenvalue weighted by molar-refractivity contribution is 5.78. The van der Waals surface area contributed by atoms with Gasteiger partial charge in [-0.25, -0.2) is 0 Å². The summed E-state index contributed by atoms with van der Waals surface area (Å²) in [5.74, 6) is 0.406. The molecule has 1 aromatic carbocycles. The van der Waals surface area contributed by atoms with Crippen molar-refractivity contribution in [1.29, 1.82) is 0 Å². The van der Waals surface area contributed by atoms with Crippen molar-refractivity contribution in [3.63, 3.8) is 0 Å². The highest BCUT2D eigenvalue weighted by Gasteiger charge is 2.32. The molecule has 0 spiro atoms. The molecule has 2 atom stereocenters. The maximum absolute atomic E-state index is 11.6. The summed E-state index contributed by atoms with van der Waals surface area (Å²) in [7, 11) is 0. The van der Waals surface area contributed by atoms with Crippen molar-refractivity contribution in [3.05, 3.63) is 47.3 Å². The van der Waals surface area contributed by atoms with E-state index in [0.717, 1.165) is 38.2 Å². The van der Waals surface area contributed by atoms with Gasteiger partial charge in [0.15, 0.2) is 0 Å². The number of nitrogens with one attached hydrogen (secondary N) is 1. The SMILES string of the molecule is O=C1COCC(CC2CN(Cc3cc4n(n3)CCCC4)c3ccccc32)N1. The number of carbonyl (C=O) groups excluding carboxylic acids is 1. The predicted molar refractivity (Wildman–Crippen MR) is 103 cm³/mol. The van der Waals surface area contributed by atoms with Gasteiger partial charge in [-0.1, -0.05) is 18.2 Å². The minimum absolute atomic E-state index is 0.00187. The first kappa shape index (κ1) is 16.8. The Labute approximate surface area is 159 Å². The Morgan fingerprint density at radius 3 is 3.07 bits per heavy atom. The molecule has 0 aliphatic carbocycles. The molecule has 0 radical (unpaired) electrons. The fraction of sp³-hybridized carbons (Fsp3) is 0.524. The van der Waals surface area contributed by atoms with Gasteiger partial charge in [0.05, 0.1) is 24.9 Å². The fourth-order valence-electron chi connectivity index (χ4n) is 4.76. The Morgan fingerprint density at radius 1 is 1.26 bits per heavy atom. The van der Waals surface area contributed by atoms with Crippen LogP contribution < -0.4 is 10.2 Å². The molecule has 4 heterocycles. The summed E-state index contributed by atoms with van der Waals surface area (Å²) in [6, 6.07) is 11.0. The minimum atomic E-state index is -0.00187. The van der Waals surface area contributed by atoms with Crippen molar-refractivity contribution >= 4 is 11.6 Å². The van der Waals surface area contributed by atoms with Crippen LogP contribution in [0.2, 0.25) is 0 Å². The molecule has 0 saturated carbocycles. The average Bonchev–Trinajstić information content (AvgIpc) is 3.23. The largest absolute Gasteiger partial charge is 0.370 e. The highest BCUT2D eigenvalue weighted by Crippen LogP contribution is 2.39. The molecule has 142 valence electrons. The second-order valence-corrected chi connectivity index (χ2v) is 7.96. The molecule has 27 heavy (non-hydrogen) atoms. The summed E-state index contributed by atoms with van der Waals surface area (Å²) in [5.41, 5.74) is 5.22. The van der Waals surface area contributed by atoms with E-state index in [1.54, 1.807) is 0 Å². The first-order valence-corrected chi connectivity index (χ1v) is 10.0. The Morgan fingerprint density at radius 2 is 2.19 bits per heavy atom. The van der Waals surface area contributed by atoms with Gasteiger partial charge in [0.25, 0.3) is 0 Å². The van der Waals surface area contributed by atoms with E-state index in [0.29, 0.717) is 12.5 Å². The van der Waals surface area contributed by atoms with Crippen molar-refractivity contribution < 1.29 is 9.53 Å². The van der Waals surface area contributed by atoms with Crippen LogP contribution in [0.1, 0.15) is 42.1 Å². The lowest BCUT2D eigenvalue weighted by Gasteiger charge is -2.26. The highest BCUT2D eigenvalue weighted by atomic mass is 16.5. The summed E-state index contributed by atoms with van der Waals surface area (Å²) in [6.45, 7) is 3.66. The molecule has 6 nitrogen and oxygen atoms in total. The third-order valence-electron chi connectivity index (χ3n) is 5.96. The normalized spacial score (nSPS) is 24.4. The number of morpholine rings is 1. The first-order valence-electron chi connectivity index (χ1n) is 10.0. The monoisotopic (exact) mass is 366 g/mol. The first-order chi connectivity index (χ1) is 13.3. The molecule has 1 N–H and O–H groups in total. The number of hydrogen-bond acceptors (Lipinski definition) is 4. The molecule has 1 saturated heterocycles. The molecular formula is C21H26N4O2. The van der Waals surface area contributed by atoms with E-state index in [1.165, 1.54) is 29.8 Å². The van der Waals surface area contributed by atoms with E-state index in [-0.39, 0.29) is 18.6 Å². The maximum Gasteiger partial charge on any atom is 0.246 e. The zero-order valence-corrected chi connectivity index (χ0v) is 15.6. The second kappa shape index (κ2) is 7.00. The van der Waals surface area contributed by atoms with Crippen LogP contribution in [0.4, 0.5) is 5.69 Å². The van der Waals surface area contributed by atoms with Crippen molar-refractivity contribution in [3.8, 4) is 0 Å². The molecule has 0 bridgehead atoms. The number of fused-ring (bicyclic) bond motifs is 2. The van der Waals surface area contributed by atoms with Crippen molar-refractivity contribution in [2.45, 2.75) is 50.7 Å². The topological polar surface area (TPSA) is 59.4 Å². The molecule has 3 aliphatic heterocycles. The summed E-state index contributed by atoms with van der Waals surface area (Å²) >= 11 is 0. The number of aromatic nitrogens is 2. The number of hydrogen-bond donors (Lipinski definition) is 1. The number of aryl methyl sites for hydroxylation is 2. The quantitative estimate of drug-likeness (QED) is 0.902. The van der Waals surface area contributed by atoms with Crippen molar-refractivity contribution in [2.75, 3.05) is 24.7 Å². The van der Waals surface area contributed by atoms with E-state index in [9.17, 15) is 4.79 Å². The van der Waals surface area contributed by atoms with Crippen LogP contribution in [0.3, 0.4) is 0 Å². The lowest BCUT2D eigenvalue weighted by atomic mass is 9.94. The molecule has 2 unspecified atom stereocenters. The van der Waals surface area contributed by atoms with Crippen molar-refractivity contribution in [1.82, 2.24) is 15.1 Å². The van der Waals surface area contributed by atoms with Gasteiger partial charge in [0, 0.05) is 30.4 Å². The minimum Gasteiger partial charge on any atom is -0.370 e. The Balaban J connectivity index is 1.33. The van der Waals surface area contributed by atoms with Crippen LogP contribution >= 0.6 is 0 Å². The van der Waals surface area contributed by atoms with Gasteiger partial charge in [0.1, 0.15) is 6.61 Å². The Kier molecular flexibility index (Phi) is 4.36. The Hall–Kier alpha value is -2.34. The van der Waals surface area contributed by atoms with Gasteiger partial charge in [0.2, 0.25) is 5.91 Å². The van der Waals surface area contributed by atoms with Crippen LogP contribution in [-0.2, 0) is 29.0 Å². The summed E-state index contributed by atoms with van der Waals surface area (Å²) in [6.07, 6.45) is 4.57. The third kappa shape index (κ3) is 3.34. The Bertz CT molecular complexity index is 823. The number of rotatable bonds is 4. The van der Waals surface area contributed by atoms with E-state index < -0.39 is 0 Å². The summed E-state index contributed by atoms with van der Waals surface area (Å²) < 4.78 is 7.61. The molecule has 1 amide bonds. The fourth-order valence-corrected chi connectivity index (χ4v) is 4.76. The van der Waals surface area contributed by atoms with Gasteiger partial charge < -0.3 is 15.0 Å². The molecular weight excluding hydrogens is 340 g/mol. The van der Waals surface area contributed by atoms with Gasteiger partial charge in [-0.3, -0.25) is 9.48 Å². The second-order valence-electron chi connectivity index (χ2n) is 7.96. The number of amides is 1. The number of carbonyl (C=O) groups is 1. The standard InChI is InChI=1S/C21H26N4O2/c26-21-14-27-13-17(22-21)9-15-11-24(20-7-2-1-6-19(15)20)12-16-10-18-5-3-4-8-25(18)23-16/h1-2,6-7,10,15,17H,3-5,8-9,11-14H2,(H,22,26). The van der Waals surface area contributed by atoms with Crippen LogP contribution in [0.5, 0.6) is 0 Å². The zero-order valence-electron chi connectivity index (χ0n) is 15.6. The number of benzene rings is 1. The van der Waals surface area contributed by atoms with Gasteiger partial charge in [-0.2, -0.15) is 5.10 Å². The zero-order chi connectivity index (χ0) is 18.2. The van der Waals surface area contributed by atoms with Crippen LogP contribution in [0, 0.1) is 0 Å². The van der Waals surface area contributed by atoms with Gasteiger partial charge >= 0.3 is 0 Å². The molecule has 1 fully saturated rings. The van der Waals surface area contributed by atoms with E-state index >= 15 is 0 Å². The van der Waals surface area contributed by atoms with Crippen LogP contribution in [-0.4, -0.2) is 41.5 Å². The predicted octanol–water partition coefficient (Wildman–Crippen LogP) is 2.23. The number of ether oxygens (including phenoxy) is 1. The number of nitrogens with zero attached hydrogens (tertiary/aromatic N) is 3. The smallest absolute Gasteiger partial charge is 0.246 e. The molecule has 5 rings (SSSR count). The third-order valence-corrected chi connectivity index (χ3v) is 5.96. The maximum atomic E-state index is 11.6. The van der Waals surface area contributed by atoms with E-state index in [2.05, 4.69) is 45.2 Å². The molecule has 3 aliphatic rings. The average molecular weight is 366 g/mol. The number of anilines is 1. The van der Waals surface area contributed by atoms with Crippen molar-refractivity contribution in [2.24, 2.45) is 0 Å². The van der Waals surface area contributed by atoms with Crippen LogP contribution in [0.25, 0.3) is 0 Å². The van der Waals surface area contributed by atoms with E-state index in [4.69, 9.17) is 9.84 Å². The number of para-hydroxylation sites is 1. The lowest BCUT2D eigenvalue weighted by Crippen LogP contribution is -2.46. The lowest BCUT2D eigenvalue weighted by molar-refractivity contribution is -0.131. The van der Waals surface area contributed by atoms with Gasteiger partial charge in [-0.15, -0.1) is 0 Å². The van der Waals surface area contributed by atoms with Gasteiger partial charge in [-0.05, 0) is 43.4 Å². The summed E-state index contributed by atoms with van der Waals surface area (Å²) in [5, 5.41) is 7.91.